The van der Waals surface area contributed by atoms with Gasteiger partial charge in [0.2, 0.25) is 5.91 Å². The fourth-order valence-electron chi connectivity index (χ4n) is 2.91. The number of rotatable bonds is 4. The number of phenols is 1. The van der Waals surface area contributed by atoms with Gasteiger partial charge in [-0.2, -0.15) is 0 Å². The van der Waals surface area contributed by atoms with Gasteiger partial charge in [-0.25, -0.2) is 0 Å². The molecule has 1 heterocycles. The number of hydrogen-bond donors (Lipinski definition) is 3. The molecule has 3 N–H and O–H groups in total. The Morgan fingerprint density at radius 2 is 2.05 bits per heavy atom. The maximum absolute atomic E-state index is 12.1. The Labute approximate surface area is 124 Å². The highest BCUT2D eigenvalue weighted by molar-refractivity contribution is 6.03. The van der Waals surface area contributed by atoms with Gasteiger partial charge in [-0.05, 0) is 44.0 Å². The molecule has 0 saturated carbocycles. The minimum atomic E-state index is 0.0396. The quantitative estimate of drug-likeness (QED) is 0.809. The second-order valence-electron chi connectivity index (χ2n) is 5.62. The molecule has 1 saturated heterocycles. The van der Waals surface area contributed by atoms with Crippen molar-refractivity contribution in [3.63, 3.8) is 0 Å². The molecule has 4 heteroatoms. The standard InChI is InChI=1S/C17H20N2O2/c20-16-6-2-3-13-14(16)4-1-5-15(13)19-17(21)8-7-12-9-10-18-11-12/h1-6,12,18,20H,7-11H2,(H,19,21). The topological polar surface area (TPSA) is 61.4 Å². The number of hydrogen-bond acceptors (Lipinski definition) is 3. The van der Waals surface area contributed by atoms with Crippen molar-refractivity contribution >= 4 is 22.4 Å². The van der Waals surface area contributed by atoms with Gasteiger partial charge in [0.1, 0.15) is 5.75 Å². The number of phenolic OH excluding ortho intramolecular Hbond substituents is 1. The van der Waals surface area contributed by atoms with Crippen molar-refractivity contribution in [2.75, 3.05) is 18.4 Å². The van der Waals surface area contributed by atoms with Crippen molar-refractivity contribution in [2.45, 2.75) is 19.3 Å². The van der Waals surface area contributed by atoms with Crippen LogP contribution >= 0.6 is 0 Å². The van der Waals surface area contributed by atoms with Gasteiger partial charge in [0.15, 0.2) is 0 Å². The van der Waals surface area contributed by atoms with Crippen LogP contribution in [0.25, 0.3) is 10.8 Å². The molecule has 0 spiro atoms. The predicted molar refractivity (Wildman–Crippen MR) is 84.5 cm³/mol. The van der Waals surface area contributed by atoms with Crippen LogP contribution in [0.3, 0.4) is 0 Å². The average molecular weight is 284 g/mol. The molecule has 110 valence electrons. The van der Waals surface area contributed by atoms with Gasteiger partial charge in [-0.15, -0.1) is 0 Å². The summed E-state index contributed by atoms with van der Waals surface area (Å²) in [6, 6.07) is 10.9. The van der Waals surface area contributed by atoms with Gasteiger partial charge in [-0.1, -0.05) is 24.3 Å². The number of benzene rings is 2. The third-order valence-electron chi connectivity index (χ3n) is 4.12. The third kappa shape index (κ3) is 3.16. The number of aromatic hydroxyl groups is 1. The summed E-state index contributed by atoms with van der Waals surface area (Å²) in [7, 11) is 0. The second-order valence-corrected chi connectivity index (χ2v) is 5.62. The van der Waals surface area contributed by atoms with Gasteiger partial charge in [0.25, 0.3) is 0 Å². The lowest BCUT2D eigenvalue weighted by Crippen LogP contribution is -2.15. The van der Waals surface area contributed by atoms with E-state index in [4.69, 9.17) is 0 Å². The predicted octanol–water partition coefficient (Wildman–Crippen LogP) is 2.87. The fourth-order valence-corrected chi connectivity index (χ4v) is 2.91. The monoisotopic (exact) mass is 284 g/mol. The van der Waals surface area contributed by atoms with Crippen LogP contribution in [-0.4, -0.2) is 24.1 Å². The largest absolute Gasteiger partial charge is 0.507 e. The molecule has 0 radical (unpaired) electrons. The van der Waals surface area contributed by atoms with E-state index in [9.17, 15) is 9.90 Å². The van der Waals surface area contributed by atoms with Crippen LogP contribution in [0.1, 0.15) is 19.3 Å². The first-order valence-corrected chi connectivity index (χ1v) is 7.45. The van der Waals surface area contributed by atoms with E-state index in [1.165, 1.54) is 0 Å². The van der Waals surface area contributed by atoms with Crippen molar-refractivity contribution in [3.8, 4) is 5.75 Å². The molecule has 21 heavy (non-hydrogen) atoms. The molecule has 0 aromatic heterocycles. The smallest absolute Gasteiger partial charge is 0.224 e. The summed E-state index contributed by atoms with van der Waals surface area (Å²) in [5, 5.41) is 17.8. The number of anilines is 1. The van der Waals surface area contributed by atoms with Crippen LogP contribution in [0.4, 0.5) is 5.69 Å². The van der Waals surface area contributed by atoms with Crippen molar-refractivity contribution in [1.82, 2.24) is 5.32 Å². The molecule has 2 aromatic rings. The molecule has 1 aliphatic heterocycles. The summed E-state index contributed by atoms with van der Waals surface area (Å²) >= 11 is 0. The summed E-state index contributed by atoms with van der Waals surface area (Å²) < 4.78 is 0. The summed E-state index contributed by atoms with van der Waals surface area (Å²) in [5.74, 6) is 0.894. The molecule has 1 atom stereocenters. The van der Waals surface area contributed by atoms with E-state index in [0.29, 0.717) is 12.3 Å². The van der Waals surface area contributed by atoms with Crippen LogP contribution < -0.4 is 10.6 Å². The molecule has 1 aliphatic rings. The molecular weight excluding hydrogens is 264 g/mol. The van der Waals surface area contributed by atoms with Crippen LogP contribution in [-0.2, 0) is 4.79 Å². The molecular formula is C17H20N2O2. The second kappa shape index (κ2) is 6.14. The van der Waals surface area contributed by atoms with Crippen molar-refractivity contribution in [2.24, 2.45) is 5.92 Å². The summed E-state index contributed by atoms with van der Waals surface area (Å²) in [6.07, 6.45) is 2.63. The van der Waals surface area contributed by atoms with Crippen molar-refractivity contribution in [3.05, 3.63) is 36.4 Å². The van der Waals surface area contributed by atoms with Crippen LogP contribution in [0.15, 0.2) is 36.4 Å². The maximum atomic E-state index is 12.1. The Kier molecular flexibility index (Phi) is 4.06. The minimum absolute atomic E-state index is 0.0396. The lowest BCUT2D eigenvalue weighted by Gasteiger charge is -2.11. The van der Waals surface area contributed by atoms with Crippen LogP contribution in [0.2, 0.25) is 0 Å². The first kappa shape index (κ1) is 13.9. The van der Waals surface area contributed by atoms with E-state index < -0.39 is 0 Å². The Morgan fingerprint density at radius 3 is 2.86 bits per heavy atom. The number of fused-ring (bicyclic) bond motifs is 1. The maximum Gasteiger partial charge on any atom is 0.224 e. The lowest BCUT2D eigenvalue weighted by atomic mass is 10.0. The van der Waals surface area contributed by atoms with Crippen molar-refractivity contribution in [1.29, 1.82) is 0 Å². The molecule has 2 aromatic carbocycles. The Morgan fingerprint density at radius 1 is 1.24 bits per heavy atom. The fraction of sp³-hybridized carbons (Fsp3) is 0.353. The van der Waals surface area contributed by atoms with Gasteiger partial charge in [0.05, 0.1) is 0 Å². The number of amides is 1. The first-order chi connectivity index (χ1) is 10.2. The zero-order valence-electron chi connectivity index (χ0n) is 11.9. The minimum Gasteiger partial charge on any atom is -0.507 e. The lowest BCUT2D eigenvalue weighted by molar-refractivity contribution is -0.116. The number of carbonyl (C=O) groups is 1. The molecule has 1 amide bonds. The number of nitrogens with one attached hydrogen (secondary N) is 2. The molecule has 1 unspecified atom stereocenters. The van der Waals surface area contributed by atoms with Crippen molar-refractivity contribution < 1.29 is 9.90 Å². The SMILES string of the molecule is O=C(CCC1CCNC1)Nc1cccc2c(O)cccc12. The molecule has 4 nitrogen and oxygen atoms in total. The Bertz CT molecular complexity index is 648. The summed E-state index contributed by atoms with van der Waals surface area (Å²) in [5.41, 5.74) is 0.762. The molecule has 0 bridgehead atoms. The van der Waals surface area contributed by atoms with E-state index >= 15 is 0 Å². The van der Waals surface area contributed by atoms with Gasteiger partial charge in [-0.3, -0.25) is 4.79 Å². The first-order valence-electron chi connectivity index (χ1n) is 7.45. The van der Waals surface area contributed by atoms with E-state index in [0.717, 1.165) is 42.4 Å². The Hall–Kier alpha value is -2.07. The van der Waals surface area contributed by atoms with Gasteiger partial charge in [0, 0.05) is 22.9 Å². The van der Waals surface area contributed by atoms with E-state index in [1.807, 2.05) is 24.3 Å². The third-order valence-corrected chi connectivity index (χ3v) is 4.12. The van der Waals surface area contributed by atoms with E-state index in [-0.39, 0.29) is 11.7 Å². The summed E-state index contributed by atoms with van der Waals surface area (Å²) in [6.45, 7) is 2.09. The van der Waals surface area contributed by atoms with Crippen LogP contribution in [0.5, 0.6) is 5.75 Å². The van der Waals surface area contributed by atoms with Crippen LogP contribution in [0, 0.1) is 5.92 Å². The highest BCUT2D eigenvalue weighted by atomic mass is 16.3. The normalized spacial score (nSPS) is 18.0. The number of carbonyl (C=O) groups excluding carboxylic acids is 1. The highest BCUT2D eigenvalue weighted by Crippen LogP contribution is 2.30. The summed E-state index contributed by atoms with van der Waals surface area (Å²) in [4.78, 5) is 12.1. The Balaban J connectivity index is 1.69. The zero-order valence-corrected chi connectivity index (χ0v) is 11.9. The highest BCUT2D eigenvalue weighted by Gasteiger charge is 2.16. The van der Waals surface area contributed by atoms with E-state index in [2.05, 4.69) is 10.6 Å². The molecule has 1 fully saturated rings. The zero-order chi connectivity index (χ0) is 14.7. The molecule has 3 rings (SSSR count). The van der Waals surface area contributed by atoms with Gasteiger partial charge >= 0.3 is 0 Å². The van der Waals surface area contributed by atoms with E-state index in [1.54, 1.807) is 12.1 Å². The average Bonchev–Trinajstić information content (AvgIpc) is 3.00. The van der Waals surface area contributed by atoms with Gasteiger partial charge < -0.3 is 15.7 Å². The molecule has 0 aliphatic carbocycles.